The molecule has 22 heavy (non-hydrogen) atoms. The summed E-state index contributed by atoms with van der Waals surface area (Å²) in [5.41, 5.74) is 1.92. The second-order valence-electron chi connectivity index (χ2n) is 5.13. The summed E-state index contributed by atoms with van der Waals surface area (Å²) in [5.74, 6) is -0.660. The van der Waals surface area contributed by atoms with Gasteiger partial charge in [0.2, 0.25) is 0 Å². The van der Waals surface area contributed by atoms with Crippen molar-refractivity contribution in [3.05, 3.63) is 53.1 Å². The van der Waals surface area contributed by atoms with Gasteiger partial charge in [-0.1, -0.05) is 19.1 Å². The SMILES string of the molecule is CCCn1ncc(C(=O)N[C@@H](CO)c2ccc(F)cc2)c1C. The minimum atomic E-state index is -0.581. The number of nitrogens with zero attached hydrogens (tertiary/aromatic N) is 2. The average molecular weight is 305 g/mol. The number of benzene rings is 1. The number of nitrogens with one attached hydrogen (secondary N) is 1. The summed E-state index contributed by atoms with van der Waals surface area (Å²) in [6.07, 6.45) is 2.46. The molecule has 0 aliphatic heterocycles. The molecule has 0 aliphatic carbocycles. The van der Waals surface area contributed by atoms with Gasteiger partial charge in [0.05, 0.1) is 24.4 Å². The molecule has 1 amide bonds. The van der Waals surface area contributed by atoms with Gasteiger partial charge in [-0.05, 0) is 31.0 Å². The Balaban J connectivity index is 2.14. The van der Waals surface area contributed by atoms with E-state index in [4.69, 9.17) is 0 Å². The predicted molar refractivity (Wildman–Crippen MR) is 80.9 cm³/mol. The number of aromatic nitrogens is 2. The van der Waals surface area contributed by atoms with Crippen molar-refractivity contribution in [3.8, 4) is 0 Å². The fourth-order valence-corrected chi connectivity index (χ4v) is 2.27. The lowest BCUT2D eigenvalue weighted by Crippen LogP contribution is -2.31. The molecule has 1 heterocycles. The Hall–Kier alpha value is -2.21. The number of halogens is 1. The second-order valence-corrected chi connectivity index (χ2v) is 5.13. The van der Waals surface area contributed by atoms with Crippen molar-refractivity contribution in [1.29, 1.82) is 0 Å². The number of amides is 1. The minimum absolute atomic E-state index is 0.264. The summed E-state index contributed by atoms with van der Waals surface area (Å²) in [4.78, 5) is 12.3. The first-order valence-corrected chi connectivity index (χ1v) is 7.26. The third-order valence-corrected chi connectivity index (χ3v) is 3.54. The zero-order valence-corrected chi connectivity index (χ0v) is 12.7. The first-order valence-electron chi connectivity index (χ1n) is 7.26. The number of carbonyl (C=O) groups is 1. The van der Waals surface area contributed by atoms with Crippen LogP contribution in [0.2, 0.25) is 0 Å². The first kappa shape index (κ1) is 16.2. The summed E-state index contributed by atoms with van der Waals surface area (Å²) in [7, 11) is 0. The maximum atomic E-state index is 12.9. The Labute approximate surface area is 128 Å². The second kappa shape index (κ2) is 7.17. The van der Waals surface area contributed by atoms with Gasteiger partial charge in [-0.15, -0.1) is 0 Å². The first-order chi connectivity index (χ1) is 10.6. The van der Waals surface area contributed by atoms with Gasteiger partial charge in [-0.25, -0.2) is 4.39 Å². The van der Waals surface area contributed by atoms with Crippen LogP contribution in [-0.2, 0) is 6.54 Å². The van der Waals surface area contributed by atoms with E-state index in [1.165, 1.54) is 18.3 Å². The standard InChI is InChI=1S/C16H20FN3O2/c1-3-8-20-11(2)14(9-18-20)16(22)19-15(10-21)12-4-6-13(17)7-5-12/h4-7,9,15,21H,3,8,10H2,1-2H3,(H,19,22)/t15-/m0/s1. The van der Waals surface area contributed by atoms with Crippen molar-refractivity contribution in [3.63, 3.8) is 0 Å². The lowest BCUT2D eigenvalue weighted by atomic mass is 10.1. The zero-order valence-electron chi connectivity index (χ0n) is 12.7. The summed E-state index contributed by atoms with van der Waals surface area (Å²) in [5, 5.41) is 16.4. The molecule has 0 unspecified atom stereocenters. The van der Waals surface area contributed by atoms with E-state index in [0.29, 0.717) is 11.1 Å². The summed E-state index contributed by atoms with van der Waals surface area (Å²) in [6, 6.07) is 5.11. The molecule has 2 rings (SSSR count). The Bertz CT molecular complexity index is 637. The van der Waals surface area contributed by atoms with Crippen LogP contribution in [0, 0.1) is 12.7 Å². The van der Waals surface area contributed by atoms with Crippen LogP contribution >= 0.6 is 0 Å². The van der Waals surface area contributed by atoms with Crippen LogP contribution in [-0.4, -0.2) is 27.4 Å². The highest BCUT2D eigenvalue weighted by atomic mass is 19.1. The number of hydrogen-bond acceptors (Lipinski definition) is 3. The third kappa shape index (κ3) is 3.51. The molecule has 2 N–H and O–H groups in total. The Kier molecular flexibility index (Phi) is 5.27. The number of carbonyl (C=O) groups excluding carboxylic acids is 1. The topological polar surface area (TPSA) is 67.2 Å². The number of aryl methyl sites for hydroxylation is 1. The van der Waals surface area contributed by atoms with Gasteiger partial charge >= 0.3 is 0 Å². The molecule has 1 atom stereocenters. The third-order valence-electron chi connectivity index (χ3n) is 3.54. The normalized spacial score (nSPS) is 12.2. The summed E-state index contributed by atoms with van der Waals surface area (Å²) >= 11 is 0. The Morgan fingerprint density at radius 1 is 1.41 bits per heavy atom. The molecule has 6 heteroatoms. The highest BCUT2D eigenvalue weighted by Gasteiger charge is 2.18. The van der Waals surface area contributed by atoms with E-state index in [2.05, 4.69) is 10.4 Å². The van der Waals surface area contributed by atoms with Crippen molar-refractivity contribution < 1.29 is 14.3 Å². The summed E-state index contributed by atoms with van der Waals surface area (Å²) < 4.78 is 14.7. The van der Waals surface area contributed by atoms with Crippen LogP contribution in [0.25, 0.3) is 0 Å². The Morgan fingerprint density at radius 2 is 2.09 bits per heavy atom. The van der Waals surface area contributed by atoms with Gasteiger partial charge < -0.3 is 10.4 Å². The highest BCUT2D eigenvalue weighted by Crippen LogP contribution is 2.15. The smallest absolute Gasteiger partial charge is 0.255 e. The fourth-order valence-electron chi connectivity index (χ4n) is 2.27. The van der Waals surface area contributed by atoms with Crippen molar-refractivity contribution >= 4 is 5.91 Å². The van der Waals surface area contributed by atoms with E-state index in [1.807, 2.05) is 13.8 Å². The largest absolute Gasteiger partial charge is 0.394 e. The van der Waals surface area contributed by atoms with Crippen LogP contribution in [0.3, 0.4) is 0 Å². The quantitative estimate of drug-likeness (QED) is 0.860. The van der Waals surface area contributed by atoms with E-state index >= 15 is 0 Å². The van der Waals surface area contributed by atoms with Crippen molar-refractivity contribution in [2.75, 3.05) is 6.61 Å². The molecule has 0 radical (unpaired) electrons. The van der Waals surface area contributed by atoms with Gasteiger partial charge in [0, 0.05) is 12.2 Å². The molecule has 0 saturated heterocycles. The zero-order chi connectivity index (χ0) is 16.1. The van der Waals surface area contributed by atoms with Crippen LogP contribution in [0.15, 0.2) is 30.5 Å². The molecule has 0 fully saturated rings. The molecular weight excluding hydrogens is 285 g/mol. The highest BCUT2D eigenvalue weighted by molar-refractivity contribution is 5.95. The maximum Gasteiger partial charge on any atom is 0.255 e. The van der Waals surface area contributed by atoms with Crippen LogP contribution in [0.4, 0.5) is 4.39 Å². The van der Waals surface area contributed by atoms with E-state index in [9.17, 15) is 14.3 Å². The summed E-state index contributed by atoms with van der Waals surface area (Å²) in [6.45, 7) is 4.36. The molecule has 1 aromatic carbocycles. The van der Waals surface area contributed by atoms with Gasteiger partial charge in [0.25, 0.3) is 5.91 Å². The molecule has 0 bridgehead atoms. The van der Waals surface area contributed by atoms with Gasteiger partial charge in [0.1, 0.15) is 5.82 Å². The van der Waals surface area contributed by atoms with E-state index < -0.39 is 6.04 Å². The van der Waals surface area contributed by atoms with Gasteiger partial charge in [0.15, 0.2) is 0 Å². The number of hydrogen-bond donors (Lipinski definition) is 2. The van der Waals surface area contributed by atoms with Crippen LogP contribution < -0.4 is 5.32 Å². The molecule has 118 valence electrons. The van der Waals surface area contributed by atoms with Crippen molar-refractivity contribution in [2.24, 2.45) is 0 Å². The minimum Gasteiger partial charge on any atom is -0.394 e. The van der Waals surface area contributed by atoms with E-state index in [-0.39, 0.29) is 18.3 Å². The molecular formula is C16H20FN3O2. The van der Waals surface area contributed by atoms with Crippen molar-refractivity contribution in [2.45, 2.75) is 32.9 Å². The molecule has 1 aromatic heterocycles. The molecule has 5 nitrogen and oxygen atoms in total. The van der Waals surface area contributed by atoms with Crippen molar-refractivity contribution in [1.82, 2.24) is 15.1 Å². The lowest BCUT2D eigenvalue weighted by molar-refractivity contribution is 0.0915. The lowest BCUT2D eigenvalue weighted by Gasteiger charge is -2.16. The molecule has 0 aliphatic rings. The molecule has 0 saturated carbocycles. The fraction of sp³-hybridized carbons (Fsp3) is 0.375. The number of aliphatic hydroxyl groups excluding tert-OH is 1. The van der Waals surface area contributed by atoms with Gasteiger partial charge in [-0.3, -0.25) is 9.48 Å². The van der Waals surface area contributed by atoms with Crippen LogP contribution in [0.5, 0.6) is 0 Å². The van der Waals surface area contributed by atoms with Gasteiger partial charge in [-0.2, -0.15) is 5.10 Å². The van der Waals surface area contributed by atoms with Crippen LogP contribution in [0.1, 0.15) is 41.0 Å². The predicted octanol–water partition coefficient (Wildman–Crippen LogP) is 2.20. The monoisotopic (exact) mass is 305 g/mol. The molecule has 0 spiro atoms. The van der Waals surface area contributed by atoms with E-state index in [1.54, 1.807) is 16.8 Å². The Morgan fingerprint density at radius 3 is 2.68 bits per heavy atom. The number of rotatable bonds is 6. The molecule has 2 aromatic rings. The average Bonchev–Trinajstić information content (AvgIpc) is 2.87. The maximum absolute atomic E-state index is 12.9. The van der Waals surface area contributed by atoms with E-state index in [0.717, 1.165) is 18.7 Å². The number of aliphatic hydroxyl groups is 1.